The van der Waals surface area contributed by atoms with Crippen molar-refractivity contribution >= 4 is 22.5 Å². The molecule has 0 saturated heterocycles. The number of pyridine rings is 1. The first-order valence-corrected chi connectivity index (χ1v) is 9.46. The van der Waals surface area contributed by atoms with Crippen LogP contribution in [0.15, 0.2) is 24.5 Å². The highest BCUT2D eigenvalue weighted by Gasteiger charge is 2.21. The van der Waals surface area contributed by atoms with Gasteiger partial charge in [0.05, 0.1) is 18.3 Å². The summed E-state index contributed by atoms with van der Waals surface area (Å²) in [5.74, 6) is 6.89. The summed E-state index contributed by atoms with van der Waals surface area (Å²) >= 11 is 1.36. The number of hydrogen-bond acceptors (Lipinski definition) is 5. The van der Waals surface area contributed by atoms with Gasteiger partial charge in [-0.25, -0.2) is 9.78 Å². The van der Waals surface area contributed by atoms with Crippen LogP contribution in [0.2, 0.25) is 0 Å². The van der Waals surface area contributed by atoms with Crippen LogP contribution in [0.3, 0.4) is 0 Å². The Labute approximate surface area is 157 Å². The minimum atomic E-state index is -0.282. The minimum Gasteiger partial charge on any atom is -0.379 e. The third kappa shape index (κ3) is 5.83. The lowest BCUT2D eigenvalue weighted by Gasteiger charge is -2.14. The molecule has 2 aromatic heterocycles. The van der Waals surface area contributed by atoms with E-state index in [1.54, 1.807) is 12.4 Å². The van der Waals surface area contributed by atoms with E-state index in [0.29, 0.717) is 11.7 Å². The second-order valence-corrected chi connectivity index (χ2v) is 7.40. The highest BCUT2D eigenvalue weighted by molar-refractivity contribution is 7.16. The van der Waals surface area contributed by atoms with Gasteiger partial charge in [-0.2, -0.15) is 0 Å². The summed E-state index contributed by atoms with van der Waals surface area (Å²) < 4.78 is 5.59. The van der Waals surface area contributed by atoms with Crippen LogP contribution in [0.1, 0.15) is 35.9 Å². The second-order valence-electron chi connectivity index (χ2n) is 6.40. The molecule has 1 aliphatic carbocycles. The maximum atomic E-state index is 12.1. The van der Waals surface area contributed by atoms with E-state index in [2.05, 4.69) is 32.4 Å². The number of carbonyl (C=O) groups excluding carboxylic acids is 1. The largest absolute Gasteiger partial charge is 0.379 e. The van der Waals surface area contributed by atoms with Crippen molar-refractivity contribution in [1.29, 1.82) is 0 Å². The van der Waals surface area contributed by atoms with Gasteiger partial charge in [-0.05, 0) is 50.7 Å². The zero-order chi connectivity index (χ0) is 18.4. The topological polar surface area (TPSA) is 76.1 Å². The van der Waals surface area contributed by atoms with Crippen molar-refractivity contribution in [3.63, 3.8) is 0 Å². The van der Waals surface area contributed by atoms with Gasteiger partial charge in [0, 0.05) is 24.6 Å². The molecule has 26 heavy (non-hydrogen) atoms. The number of carbonyl (C=O) groups is 1. The first kappa shape index (κ1) is 18.4. The Bertz CT molecular complexity index is 806. The molecule has 0 aromatic carbocycles. The van der Waals surface area contributed by atoms with Crippen molar-refractivity contribution in [2.75, 3.05) is 18.5 Å². The molecule has 0 bridgehead atoms. The lowest BCUT2D eigenvalue weighted by molar-refractivity contribution is 0.109. The Morgan fingerprint density at radius 3 is 2.88 bits per heavy atom. The number of nitrogens with zero attached hydrogens (tertiary/aromatic N) is 2. The molecular formula is C19H22N4O2S. The predicted octanol–water partition coefficient (Wildman–Crippen LogP) is 3.18. The molecule has 0 radical (unpaired) electrons. The normalized spacial score (nSPS) is 14.2. The summed E-state index contributed by atoms with van der Waals surface area (Å²) in [6.45, 7) is 5.11. The number of hydrogen-bond donors (Lipinski definition) is 2. The van der Waals surface area contributed by atoms with Gasteiger partial charge >= 0.3 is 6.03 Å². The Hall–Kier alpha value is -2.43. The van der Waals surface area contributed by atoms with Crippen molar-refractivity contribution in [3.8, 4) is 11.8 Å². The van der Waals surface area contributed by atoms with Crippen LogP contribution in [-0.4, -0.2) is 35.3 Å². The van der Waals surface area contributed by atoms with Gasteiger partial charge < -0.3 is 10.1 Å². The van der Waals surface area contributed by atoms with Crippen LogP contribution in [-0.2, 0) is 4.74 Å². The average Bonchev–Trinajstić information content (AvgIpc) is 3.37. The van der Waals surface area contributed by atoms with Gasteiger partial charge in [0.2, 0.25) is 0 Å². The summed E-state index contributed by atoms with van der Waals surface area (Å²) in [7, 11) is 0. The summed E-state index contributed by atoms with van der Waals surface area (Å²) in [6, 6.07) is 3.36. The number of anilines is 1. The third-order valence-electron chi connectivity index (χ3n) is 3.81. The Balaban J connectivity index is 1.50. The zero-order valence-corrected chi connectivity index (χ0v) is 15.7. The number of aromatic nitrogens is 2. The molecule has 136 valence electrons. The van der Waals surface area contributed by atoms with Crippen molar-refractivity contribution in [3.05, 3.63) is 40.7 Å². The fourth-order valence-electron chi connectivity index (χ4n) is 2.22. The molecular weight excluding hydrogens is 348 g/mol. The Morgan fingerprint density at radius 2 is 2.15 bits per heavy atom. The van der Waals surface area contributed by atoms with E-state index in [4.69, 9.17) is 4.74 Å². The third-order valence-corrected chi connectivity index (χ3v) is 4.80. The highest BCUT2D eigenvalue weighted by Crippen LogP contribution is 2.28. The molecule has 0 spiro atoms. The number of urea groups is 1. The maximum Gasteiger partial charge on any atom is 0.321 e. The van der Waals surface area contributed by atoms with Gasteiger partial charge in [0.1, 0.15) is 4.88 Å². The molecule has 1 fully saturated rings. The summed E-state index contributed by atoms with van der Waals surface area (Å²) in [4.78, 5) is 21.2. The van der Waals surface area contributed by atoms with Crippen LogP contribution in [0.5, 0.6) is 0 Å². The molecule has 2 amide bonds. The molecule has 0 aliphatic heterocycles. The average molecular weight is 370 g/mol. The summed E-state index contributed by atoms with van der Waals surface area (Å²) in [6.07, 6.45) is 5.93. The molecule has 2 aromatic rings. The fraction of sp³-hybridized carbons (Fsp3) is 0.421. The molecule has 2 N–H and O–H groups in total. The standard InChI is InChI=1S/C19H22N4O2S/c1-13(11-25-12-16-3-4-16)21-18(24)23-19-22-14(2)17(26-19)6-5-15-7-9-20-10-8-15/h7-10,13,16H,3-4,11-12H2,1-2H3,(H2,21,22,23,24). The van der Waals surface area contributed by atoms with Crippen LogP contribution in [0, 0.1) is 24.7 Å². The molecule has 3 rings (SSSR count). The summed E-state index contributed by atoms with van der Waals surface area (Å²) in [5, 5.41) is 6.16. The van der Waals surface area contributed by atoms with E-state index in [1.807, 2.05) is 26.0 Å². The van der Waals surface area contributed by atoms with Crippen molar-refractivity contribution in [2.24, 2.45) is 5.92 Å². The number of aryl methyl sites for hydroxylation is 1. The van der Waals surface area contributed by atoms with E-state index in [1.165, 1.54) is 24.2 Å². The number of thiazole rings is 1. The minimum absolute atomic E-state index is 0.0549. The molecule has 1 atom stereocenters. The van der Waals surface area contributed by atoms with E-state index in [9.17, 15) is 4.79 Å². The Morgan fingerprint density at radius 1 is 1.38 bits per heavy atom. The van der Waals surface area contributed by atoms with Crippen molar-refractivity contribution in [2.45, 2.75) is 32.7 Å². The van der Waals surface area contributed by atoms with E-state index in [0.717, 1.165) is 28.7 Å². The smallest absolute Gasteiger partial charge is 0.321 e. The number of amides is 2. The number of nitrogens with one attached hydrogen (secondary N) is 2. The predicted molar refractivity (Wildman–Crippen MR) is 102 cm³/mol. The van der Waals surface area contributed by atoms with Gasteiger partial charge in [0.15, 0.2) is 5.13 Å². The van der Waals surface area contributed by atoms with Crippen LogP contribution in [0.4, 0.5) is 9.93 Å². The van der Waals surface area contributed by atoms with Crippen LogP contribution in [0.25, 0.3) is 0 Å². The SMILES string of the molecule is Cc1nc(NC(=O)NC(C)COCC2CC2)sc1C#Cc1ccncc1. The molecule has 2 heterocycles. The zero-order valence-electron chi connectivity index (χ0n) is 14.9. The van der Waals surface area contributed by atoms with Gasteiger partial charge in [0.25, 0.3) is 0 Å². The second kappa shape index (κ2) is 8.79. The van der Waals surface area contributed by atoms with E-state index < -0.39 is 0 Å². The van der Waals surface area contributed by atoms with E-state index in [-0.39, 0.29) is 12.1 Å². The monoisotopic (exact) mass is 370 g/mol. The van der Waals surface area contributed by atoms with Gasteiger partial charge in [-0.15, -0.1) is 0 Å². The lowest BCUT2D eigenvalue weighted by Crippen LogP contribution is -2.38. The summed E-state index contributed by atoms with van der Waals surface area (Å²) in [5.41, 5.74) is 1.69. The molecule has 7 heteroatoms. The highest BCUT2D eigenvalue weighted by atomic mass is 32.1. The fourth-order valence-corrected chi connectivity index (χ4v) is 3.04. The Kier molecular flexibility index (Phi) is 6.21. The van der Waals surface area contributed by atoms with Crippen LogP contribution >= 0.6 is 11.3 Å². The van der Waals surface area contributed by atoms with Crippen molar-refractivity contribution < 1.29 is 9.53 Å². The lowest BCUT2D eigenvalue weighted by atomic mass is 10.2. The van der Waals surface area contributed by atoms with Gasteiger partial charge in [-0.3, -0.25) is 10.3 Å². The molecule has 6 nitrogen and oxygen atoms in total. The number of ether oxygens (including phenoxy) is 1. The maximum absolute atomic E-state index is 12.1. The first-order valence-electron chi connectivity index (χ1n) is 8.65. The molecule has 1 aliphatic rings. The van der Waals surface area contributed by atoms with Crippen molar-refractivity contribution in [1.82, 2.24) is 15.3 Å². The molecule has 1 saturated carbocycles. The number of rotatable bonds is 6. The van der Waals surface area contributed by atoms with Crippen LogP contribution < -0.4 is 10.6 Å². The molecule has 1 unspecified atom stereocenters. The first-order chi connectivity index (χ1) is 12.6. The van der Waals surface area contributed by atoms with E-state index >= 15 is 0 Å². The quantitative estimate of drug-likeness (QED) is 0.766. The van der Waals surface area contributed by atoms with Gasteiger partial charge in [-0.1, -0.05) is 17.3 Å².